The molecular formula is C7H10O2P+. The summed E-state index contributed by atoms with van der Waals surface area (Å²) in [6.45, 7) is 1.23. The number of benzene rings is 1. The van der Waals surface area contributed by atoms with Gasteiger partial charge in [-0.3, -0.25) is 0 Å². The minimum absolute atomic E-state index is 1.23. The SMILES string of the molecule is C[P+](=O)O.c1ccccc1. The molecule has 1 unspecified atom stereocenters. The quantitative estimate of drug-likeness (QED) is 0.585. The highest BCUT2D eigenvalue weighted by Crippen LogP contribution is 1.99. The van der Waals surface area contributed by atoms with Crippen LogP contribution in [0.4, 0.5) is 0 Å². The maximum atomic E-state index is 9.15. The molecule has 0 aliphatic heterocycles. The Balaban J connectivity index is 0.000000180. The van der Waals surface area contributed by atoms with Crippen LogP contribution in [0.1, 0.15) is 0 Å². The molecule has 10 heavy (non-hydrogen) atoms. The van der Waals surface area contributed by atoms with Crippen molar-refractivity contribution < 1.29 is 9.46 Å². The molecule has 1 aromatic rings. The van der Waals surface area contributed by atoms with Gasteiger partial charge in [0.2, 0.25) is 0 Å². The first-order chi connectivity index (χ1) is 4.73. The zero-order valence-corrected chi connectivity index (χ0v) is 6.66. The predicted molar refractivity (Wildman–Crippen MR) is 42.2 cm³/mol. The fourth-order valence-corrected chi connectivity index (χ4v) is 0.385. The lowest BCUT2D eigenvalue weighted by Crippen LogP contribution is -1.47. The highest BCUT2D eigenvalue weighted by atomic mass is 31.1. The van der Waals surface area contributed by atoms with Gasteiger partial charge in [0.25, 0.3) is 0 Å². The van der Waals surface area contributed by atoms with Gasteiger partial charge in [0.15, 0.2) is 6.66 Å². The minimum Gasteiger partial charge on any atom is -0.161 e. The van der Waals surface area contributed by atoms with Crippen molar-refractivity contribution in [3.05, 3.63) is 36.4 Å². The van der Waals surface area contributed by atoms with Crippen molar-refractivity contribution >= 4 is 8.03 Å². The van der Waals surface area contributed by atoms with Crippen LogP contribution in [0, 0.1) is 0 Å². The number of rotatable bonds is 0. The van der Waals surface area contributed by atoms with E-state index in [1.54, 1.807) is 0 Å². The molecule has 0 amide bonds. The summed E-state index contributed by atoms with van der Waals surface area (Å²) in [6.07, 6.45) is 0. The molecule has 0 aliphatic rings. The smallest absolute Gasteiger partial charge is 0.161 e. The summed E-state index contributed by atoms with van der Waals surface area (Å²) in [5, 5.41) is 0. The lowest BCUT2D eigenvalue weighted by Gasteiger charge is -1.69. The molecule has 0 radical (unpaired) electrons. The second-order valence-electron chi connectivity index (χ2n) is 1.62. The maximum absolute atomic E-state index is 9.15. The van der Waals surface area contributed by atoms with E-state index in [1.165, 1.54) is 6.66 Å². The third-order valence-corrected chi connectivity index (χ3v) is 0.667. The molecule has 0 aromatic heterocycles. The third kappa shape index (κ3) is 10.3. The summed E-state index contributed by atoms with van der Waals surface area (Å²) in [5.74, 6) is 0. The topological polar surface area (TPSA) is 37.3 Å². The van der Waals surface area contributed by atoms with Crippen LogP contribution in [-0.2, 0) is 4.57 Å². The van der Waals surface area contributed by atoms with Gasteiger partial charge in [-0.25, -0.2) is 0 Å². The van der Waals surface area contributed by atoms with Crippen molar-refractivity contribution in [3.8, 4) is 0 Å². The molecule has 1 atom stereocenters. The average molecular weight is 157 g/mol. The third-order valence-electron chi connectivity index (χ3n) is 0.667. The predicted octanol–water partition coefficient (Wildman–Crippen LogP) is 2.04. The maximum Gasteiger partial charge on any atom is 0.502 e. The van der Waals surface area contributed by atoms with Gasteiger partial charge >= 0.3 is 8.03 Å². The van der Waals surface area contributed by atoms with Crippen molar-refractivity contribution in [1.29, 1.82) is 0 Å². The first-order valence-electron chi connectivity index (χ1n) is 2.83. The molecule has 3 heteroatoms. The zero-order chi connectivity index (χ0) is 7.82. The van der Waals surface area contributed by atoms with E-state index in [-0.39, 0.29) is 0 Å². The summed E-state index contributed by atoms with van der Waals surface area (Å²) in [7, 11) is -1.87. The van der Waals surface area contributed by atoms with Crippen LogP contribution in [0.3, 0.4) is 0 Å². The van der Waals surface area contributed by atoms with Gasteiger partial charge in [-0.2, -0.15) is 4.89 Å². The van der Waals surface area contributed by atoms with Gasteiger partial charge in [0.1, 0.15) is 0 Å². The average Bonchev–Trinajstić information content (AvgIpc) is 1.90. The van der Waals surface area contributed by atoms with Crippen LogP contribution in [0.5, 0.6) is 0 Å². The van der Waals surface area contributed by atoms with Crippen LogP contribution in [0.2, 0.25) is 0 Å². The molecule has 1 rings (SSSR count). The Morgan fingerprint density at radius 2 is 1.10 bits per heavy atom. The fraction of sp³-hybridized carbons (Fsp3) is 0.143. The summed E-state index contributed by atoms with van der Waals surface area (Å²) >= 11 is 0. The first kappa shape index (κ1) is 9.28. The van der Waals surface area contributed by atoms with Crippen LogP contribution in [0.25, 0.3) is 0 Å². The summed E-state index contributed by atoms with van der Waals surface area (Å²) in [6, 6.07) is 12.0. The van der Waals surface area contributed by atoms with Crippen LogP contribution in [0.15, 0.2) is 36.4 Å². The largest absolute Gasteiger partial charge is 0.502 e. The Labute approximate surface area is 61.4 Å². The normalized spacial score (nSPS) is 9.20. The molecule has 1 N–H and O–H groups in total. The number of hydrogen-bond donors (Lipinski definition) is 1. The Hall–Kier alpha value is -0.720. The zero-order valence-electron chi connectivity index (χ0n) is 5.77. The van der Waals surface area contributed by atoms with Gasteiger partial charge in [-0.15, -0.1) is 0 Å². The second kappa shape index (κ2) is 6.40. The van der Waals surface area contributed by atoms with Crippen molar-refractivity contribution in [3.63, 3.8) is 0 Å². The minimum atomic E-state index is -1.87. The van der Waals surface area contributed by atoms with Crippen molar-refractivity contribution in [1.82, 2.24) is 0 Å². The molecular weight excluding hydrogens is 147 g/mol. The molecule has 0 fully saturated rings. The highest BCUT2D eigenvalue weighted by Gasteiger charge is 1.86. The summed E-state index contributed by atoms with van der Waals surface area (Å²) < 4.78 is 9.15. The molecule has 2 nitrogen and oxygen atoms in total. The van der Waals surface area contributed by atoms with E-state index in [4.69, 9.17) is 9.46 Å². The highest BCUT2D eigenvalue weighted by molar-refractivity contribution is 7.36. The summed E-state index contributed by atoms with van der Waals surface area (Å²) in [5.41, 5.74) is 0. The van der Waals surface area contributed by atoms with Crippen LogP contribution in [-0.4, -0.2) is 11.6 Å². The molecule has 0 spiro atoms. The summed E-state index contributed by atoms with van der Waals surface area (Å²) in [4.78, 5) is 7.56. The standard InChI is InChI=1S/C6H6.CH3O2P/c1-2-4-6-5-3-1;1-4(2)3/h1-6H;1H3/p+1. The second-order valence-corrected chi connectivity index (χ2v) is 2.55. The van der Waals surface area contributed by atoms with E-state index in [0.29, 0.717) is 0 Å². The Morgan fingerprint density at radius 3 is 1.20 bits per heavy atom. The van der Waals surface area contributed by atoms with Gasteiger partial charge < -0.3 is 0 Å². The van der Waals surface area contributed by atoms with E-state index in [1.807, 2.05) is 36.4 Å². The van der Waals surface area contributed by atoms with Gasteiger partial charge in [-0.05, 0) is 4.57 Å². The van der Waals surface area contributed by atoms with E-state index in [2.05, 4.69) is 0 Å². The Morgan fingerprint density at radius 1 is 1.00 bits per heavy atom. The fourth-order valence-electron chi connectivity index (χ4n) is 0.385. The molecule has 0 saturated carbocycles. The van der Waals surface area contributed by atoms with Crippen LogP contribution >= 0.6 is 8.03 Å². The van der Waals surface area contributed by atoms with Crippen LogP contribution < -0.4 is 0 Å². The van der Waals surface area contributed by atoms with E-state index < -0.39 is 8.03 Å². The van der Waals surface area contributed by atoms with Gasteiger partial charge in [0.05, 0.1) is 0 Å². The molecule has 0 heterocycles. The van der Waals surface area contributed by atoms with Crippen molar-refractivity contribution in [2.24, 2.45) is 0 Å². The monoisotopic (exact) mass is 157 g/mol. The van der Waals surface area contributed by atoms with Gasteiger partial charge in [0, 0.05) is 0 Å². The van der Waals surface area contributed by atoms with Crippen molar-refractivity contribution in [2.75, 3.05) is 6.66 Å². The lowest BCUT2D eigenvalue weighted by molar-refractivity contribution is 0.509. The molecule has 0 bridgehead atoms. The van der Waals surface area contributed by atoms with E-state index in [9.17, 15) is 0 Å². The van der Waals surface area contributed by atoms with Gasteiger partial charge in [-0.1, -0.05) is 36.4 Å². The van der Waals surface area contributed by atoms with E-state index >= 15 is 0 Å². The number of hydrogen-bond acceptors (Lipinski definition) is 1. The molecule has 1 aromatic carbocycles. The lowest BCUT2D eigenvalue weighted by atomic mass is 10.4. The Kier molecular flexibility index (Phi) is 5.94. The van der Waals surface area contributed by atoms with Crippen molar-refractivity contribution in [2.45, 2.75) is 0 Å². The molecule has 54 valence electrons. The molecule has 0 aliphatic carbocycles. The van der Waals surface area contributed by atoms with E-state index in [0.717, 1.165) is 0 Å². The Bertz CT molecular complexity index is 144. The first-order valence-corrected chi connectivity index (χ1v) is 4.49. The molecule has 0 saturated heterocycles.